The Morgan fingerprint density at radius 3 is 1.89 bits per heavy atom. The van der Waals surface area contributed by atoms with Gasteiger partial charge >= 0.3 is 0 Å². The zero-order valence-corrected chi connectivity index (χ0v) is 11.9. The summed E-state index contributed by atoms with van der Waals surface area (Å²) in [6.45, 7) is 4.12. The van der Waals surface area contributed by atoms with Crippen molar-refractivity contribution in [3.05, 3.63) is 30.6 Å². The molecular weight excluding hydrogens is 238 g/mol. The number of carbonyl (C=O) groups is 1. The molecular formula is C15H25N3O. The molecule has 0 unspecified atom stereocenters. The fourth-order valence-corrected chi connectivity index (χ4v) is 2.43. The summed E-state index contributed by atoms with van der Waals surface area (Å²) in [5.41, 5.74) is 11.2. The van der Waals surface area contributed by atoms with E-state index in [9.17, 15) is 4.79 Å². The molecule has 1 fully saturated rings. The van der Waals surface area contributed by atoms with E-state index in [4.69, 9.17) is 11.5 Å². The van der Waals surface area contributed by atoms with Crippen molar-refractivity contribution in [1.29, 1.82) is 0 Å². The van der Waals surface area contributed by atoms with Crippen LogP contribution in [0.15, 0.2) is 30.6 Å². The summed E-state index contributed by atoms with van der Waals surface area (Å²) in [6, 6.07) is 5.72. The lowest BCUT2D eigenvalue weighted by atomic mass is 9.73. The highest BCUT2D eigenvalue weighted by atomic mass is 16.1. The van der Waals surface area contributed by atoms with Crippen molar-refractivity contribution in [2.45, 2.75) is 45.1 Å². The predicted molar refractivity (Wildman–Crippen MR) is 77.1 cm³/mol. The highest BCUT2D eigenvalue weighted by Gasteiger charge is 2.31. The molecule has 0 atom stereocenters. The molecule has 0 saturated heterocycles. The van der Waals surface area contributed by atoms with Crippen molar-refractivity contribution in [2.75, 3.05) is 0 Å². The standard InChI is InChI=1S/C10H20N2O.C5H5N/c1-10(2,12)8-5-3-7(4-6-8)9(11)13;1-2-4-6-5-3-1/h7-8H,3-6,12H2,1-2H3,(H2,11,13);1-5H. The second kappa shape index (κ2) is 7.24. The SMILES string of the molecule is CC(C)(N)C1CCC(C(N)=O)CC1.c1ccncc1. The van der Waals surface area contributed by atoms with Gasteiger partial charge in [0.2, 0.25) is 5.91 Å². The van der Waals surface area contributed by atoms with Crippen molar-refractivity contribution in [3.63, 3.8) is 0 Å². The molecule has 4 N–H and O–H groups in total. The minimum Gasteiger partial charge on any atom is -0.369 e. The predicted octanol–water partition coefficient (Wildman–Crippen LogP) is 2.10. The molecule has 0 spiro atoms. The van der Waals surface area contributed by atoms with Crippen LogP contribution in [0.1, 0.15) is 39.5 Å². The number of hydrogen-bond acceptors (Lipinski definition) is 3. The average Bonchev–Trinajstić information content (AvgIpc) is 2.40. The van der Waals surface area contributed by atoms with Gasteiger partial charge in [-0.1, -0.05) is 6.07 Å². The summed E-state index contributed by atoms with van der Waals surface area (Å²) in [7, 11) is 0. The fourth-order valence-electron chi connectivity index (χ4n) is 2.43. The fraction of sp³-hybridized carbons (Fsp3) is 0.600. The van der Waals surface area contributed by atoms with E-state index >= 15 is 0 Å². The quantitative estimate of drug-likeness (QED) is 0.857. The van der Waals surface area contributed by atoms with Gasteiger partial charge in [0.05, 0.1) is 0 Å². The first kappa shape index (κ1) is 15.6. The Kier molecular flexibility index (Phi) is 5.96. The largest absolute Gasteiger partial charge is 0.369 e. The van der Waals surface area contributed by atoms with Crippen LogP contribution in [-0.4, -0.2) is 16.4 Å². The number of carbonyl (C=O) groups excluding carboxylic acids is 1. The van der Waals surface area contributed by atoms with Crippen LogP contribution in [0.2, 0.25) is 0 Å². The van der Waals surface area contributed by atoms with E-state index in [-0.39, 0.29) is 17.4 Å². The molecule has 4 heteroatoms. The van der Waals surface area contributed by atoms with Crippen molar-refractivity contribution < 1.29 is 4.79 Å². The van der Waals surface area contributed by atoms with Crippen molar-refractivity contribution in [3.8, 4) is 0 Å². The van der Waals surface area contributed by atoms with Crippen LogP contribution < -0.4 is 11.5 Å². The second-order valence-electron chi connectivity index (χ2n) is 5.80. The van der Waals surface area contributed by atoms with E-state index in [1.165, 1.54) is 0 Å². The van der Waals surface area contributed by atoms with Gasteiger partial charge in [-0.05, 0) is 57.6 Å². The number of primary amides is 1. The highest BCUT2D eigenvalue weighted by molar-refractivity contribution is 5.76. The molecule has 0 bridgehead atoms. The number of hydrogen-bond donors (Lipinski definition) is 2. The van der Waals surface area contributed by atoms with E-state index < -0.39 is 0 Å². The zero-order chi connectivity index (χ0) is 14.3. The number of amides is 1. The summed E-state index contributed by atoms with van der Waals surface area (Å²) in [5, 5.41) is 0. The van der Waals surface area contributed by atoms with E-state index in [2.05, 4.69) is 18.8 Å². The first-order chi connectivity index (χ1) is 8.91. The van der Waals surface area contributed by atoms with Crippen molar-refractivity contribution >= 4 is 5.91 Å². The normalized spacial score (nSPS) is 23.1. The molecule has 1 aromatic rings. The lowest BCUT2D eigenvalue weighted by Crippen LogP contribution is -2.43. The summed E-state index contributed by atoms with van der Waals surface area (Å²) in [6.07, 6.45) is 7.41. The lowest BCUT2D eigenvalue weighted by molar-refractivity contribution is -0.123. The molecule has 19 heavy (non-hydrogen) atoms. The van der Waals surface area contributed by atoms with Gasteiger partial charge in [0, 0.05) is 23.9 Å². The van der Waals surface area contributed by atoms with E-state index in [1.54, 1.807) is 12.4 Å². The van der Waals surface area contributed by atoms with Crippen LogP contribution >= 0.6 is 0 Å². The average molecular weight is 263 g/mol. The molecule has 106 valence electrons. The van der Waals surface area contributed by atoms with Crippen LogP contribution in [0.4, 0.5) is 0 Å². The molecule has 2 rings (SSSR count). The minimum absolute atomic E-state index is 0.0959. The Bertz CT molecular complexity index is 338. The van der Waals surface area contributed by atoms with Crippen molar-refractivity contribution in [1.82, 2.24) is 4.98 Å². The van der Waals surface area contributed by atoms with Gasteiger partial charge in [0.15, 0.2) is 0 Å². The summed E-state index contributed by atoms with van der Waals surface area (Å²) in [4.78, 5) is 14.7. The van der Waals surface area contributed by atoms with E-state index in [0.717, 1.165) is 25.7 Å². The van der Waals surface area contributed by atoms with E-state index in [1.807, 2.05) is 18.2 Å². The van der Waals surface area contributed by atoms with Crippen LogP contribution in [0.3, 0.4) is 0 Å². The maximum absolute atomic E-state index is 10.9. The van der Waals surface area contributed by atoms with Gasteiger partial charge < -0.3 is 11.5 Å². The third-order valence-electron chi connectivity index (χ3n) is 3.75. The first-order valence-corrected chi connectivity index (χ1v) is 6.84. The topological polar surface area (TPSA) is 82.0 Å². The molecule has 1 aliphatic carbocycles. The molecule has 1 saturated carbocycles. The number of rotatable bonds is 2. The number of nitrogens with two attached hydrogens (primary N) is 2. The maximum atomic E-state index is 10.9. The molecule has 1 amide bonds. The van der Waals surface area contributed by atoms with Crippen molar-refractivity contribution in [2.24, 2.45) is 23.3 Å². The summed E-state index contributed by atoms with van der Waals surface area (Å²) >= 11 is 0. The van der Waals surface area contributed by atoms with Crippen LogP contribution in [0.25, 0.3) is 0 Å². The smallest absolute Gasteiger partial charge is 0.220 e. The zero-order valence-electron chi connectivity index (χ0n) is 11.9. The molecule has 0 aromatic carbocycles. The van der Waals surface area contributed by atoms with Gasteiger partial charge in [0.25, 0.3) is 0 Å². The molecule has 0 aliphatic heterocycles. The Hall–Kier alpha value is -1.42. The molecule has 4 nitrogen and oxygen atoms in total. The Morgan fingerprint density at radius 2 is 1.63 bits per heavy atom. The third kappa shape index (κ3) is 5.83. The minimum atomic E-state index is -0.145. The molecule has 1 aromatic heterocycles. The van der Waals surface area contributed by atoms with Gasteiger partial charge in [-0.2, -0.15) is 0 Å². The Morgan fingerprint density at radius 1 is 1.11 bits per heavy atom. The molecule has 1 heterocycles. The number of nitrogens with zero attached hydrogens (tertiary/aromatic N) is 1. The van der Waals surface area contributed by atoms with Gasteiger partial charge in [0.1, 0.15) is 0 Å². The summed E-state index contributed by atoms with van der Waals surface area (Å²) < 4.78 is 0. The van der Waals surface area contributed by atoms with E-state index in [0.29, 0.717) is 5.92 Å². The molecule has 0 radical (unpaired) electrons. The third-order valence-corrected chi connectivity index (χ3v) is 3.75. The number of aromatic nitrogens is 1. The van der Waals surface area contributed by atoms with Crippen LogP contribution in [0.5, 0.6) is 0 Å². The first-order valence-electron chi connectivity index (χ1n) is 6.84. The lowest BCUT2D eigenvalue weighted by Gasteiger charge is -2.35. The highest BCUT2D eigenvalue weighted by Crippen LogP contribution is 2.33. The maximum Gasteiger partial charge on any atom is 0.220 e. The van der Waals surface area contributed by atoms with Gasteiger partial charge in [-0.15, -0.1) is 0 Å². The van der Waals surface area contributed by atoms with Crippen LogP contribution in [0, 0.1) is 11.8 Å². The Labute approximate surface area is 115 Å². The Balaban J connectivity index is 0.000000250. The van der Waals surface area contributed by atoms with Crippen LogP contribution in [-0.2, 0) is 4.79 Å². The van der Waals surface area contributed by atoms with Gasteiger partial charge in [-0.25, -0.2) is 0 Å². The molecule has 1 aliphatic rings. The van der Waals surface area contributed by atoms with Gasteiger partial charge in [-0.3, -0.25) is 9.78 Å². The second-order valence-corrected chi connectivity index (χ2v) is 5.80. The summed E-state index contributed by atoms with van der Waals surface area (Å²) in [5.74, 6) is 0.495. The number of pyridine rings is 1. The monoisotopic (exact) mass is 263 g/mol.